The van der Waals surface area contributed by atoms with Crippen molar-refractivity contribution in [3.05, 3.63) is 35.4 Å². The van der Waals surface area contributed by atoms with Crippen LogP contribution in [0.5, 0.6) is 0 Å². The zero-order valence-electron chi connectivity index (χ0n) is 15.9. The number of imide groups is 1. The SMILES string of the molecule is CC(C)C[C@@H](C(=O)O[C@H]1C(=O)OCC1(C)C)N1C(=O)c2ccccc2C1=O. The highest BCUT2D eigenvalue weighted by atomic mass is 16.6. The number of carbonyl (C=O) groups excluding carboxylic acids is 4. The molecule has 2 aliphatic heterocycles. The fourth-order valence-electron chi connectivity index (χ4n) is 3.37. The van der Waals surface area contributed by atoms with Crippen molar-refractivity contribution in [2.45, 2.75) is 46.3 Å². The molecule has 1 aromatic rings. The Kier molecular flexibility index (Phi) is 4.80. The minimum atomic E-state index is -1.10. The van der Waals surface area contributed by atoms with Gasteiger partial charge < -0.3 is 9.47 Å². The number of cyclic esters (lactones) is 1. The van der Waals surface area contributed by atoms with Gasteiger partial charge in [0.15, 0.2) is 0 Å². The summed E-state index contributed by atoms with van der Waals surface area (Å²) in [5.74, 6) is -2.40. The number of fused-ring (bicyclic) bond motifs is 1. The predicted octanol–water partition coefficient (Wildman–Crippen LogP) is 2.19. The zero-order valence-corrected chi connectivity index (χ0v) is 15.9. The first kappa shape index (κ1) is 19.1. The van der Waals surface area contributed by atoms with Crippen molar-refractivity contribution in [1.82, 2.24) is 4.90 Å². The van der Waals surface area contributed by atoms with E-state index < -0.39 is 41.3 Å². The van der Waals surface area contributed by atoms with Gasteiger partial charge in [-0.2, -0.15) is 0 Å². The van der Waals surface area contributed by atoms with Crippen LogP contribution in [0.4, 0.5) is 0 Å². The lowest BCUT2D eigenvalue weighted by atomic mass is 9.89. The molecule has 7 nitrogen and oxygen atoms in total. The molecule has 0 aromatic heterocycles. The van der Waals surface area contributed by atoms with Gasteiger partial charge in [-0.05, 0) is 24.5 Å². The van der Waals surface area contributed by atoms with Gasteiger partial charge in [0.05, 0.1) is 11.1 Å². The van der Waals surface area contributed by atoms with Crippen molar-refractivity contribution in [1.29, 1.82) is 0 Å². The Morgan fingerprint density at radius 3 is 2.19 bits per heavy atom. The highest BCUT2D eigenvalue weighted by molar-refractivity contribution is 6.22. The van der Waals surface area contributed by atoms with Crippen molar-refractivity contribution >= 4 is 23.8 Å². The number of carbonyl (C=O) groups is 4. The molecule has 0 aliphatic carbocycles. The van der Waals surface area contributed by atoms with Crippen molar-refractivity contribution in [3.63, 3.8) is 0 Å². The molecule has 1 aromatic carbocycles. The summed E-state index contributed by atoms with van der Waals surface area (Å²) in [4.78, 5) is 51.4. The van der Waals surface area contributed by atoms with E-state index in [1.165, 1.54) is 0 Å². The molecule has 2 heterocycles. The number of benzene rings is 1. The Labute approximate surface area is 157 Å². The minimum absolute atomic E-state index is 0.0235. The Balaban J connectivity index is 1.89. The number of ether oxygens (including phenoxy) is 2. The van der Waals surface area contributed by atoms with Crippen LogP contribution in [0, 0.1) is 11.3 Å². The van der Waals surface area contributed by atoms with Gasteiger partial charge in [-0.1, -0.05) is 39.8 Å². The third-order valence-corrected chi connectivity index (χ3v) is 4.85. The average molecular weight is 373 g/mol. The molecule has 144 valence electrons. The molecule has 7 heteroatoms. The number of esters is 2. The molecular weight excluding hydrogens is 350 g/mol. The Bertz CT molecular complexity index is 777. The molecule has 0 bridgehead atoms. The summed E-state index contributed by atoms with van der Waals surface area (Å²) in [7, 11) is 0. The van der Waals surface area contributed by atoms with Crippen molar-refractivity contribution in [2.75, 3.05) is 6.61 Å². The molecule has 0 spiro atoms. The lowest BCUT2D eigenvalue weighted by molar-refractivity contribution is -0.166. The van der Waals surface area contributed by atoms with E-state index in [2.05, 4.69) is 0 Å². The van der Waals surface area contributed by atoms with Crippen LogP contribution in [-0.2, 0) is 19.1 Å². The molecule has 27 heavy (non-hydrogen) atoms. The van der Waals surface area contributed by atoms with Gasteiger partial charge in [0.1, 0.15) is 12.6 Å². The number of rotatable bonds is 5. The van der Waals surface area contributed by atoms with Crippen LogP contribution < -0.4 is 0 Å². The van der Waals surface area contributed by atoms with Crippen LogP contribution in [0.15, 0.2) is 24.3 Å². The molecule has 2 amide bonds. The van der Waals surface area contributed by atoms with Crippen molar-refractivity contribution < 1.29 is 28.7 Å². The molecule has 0 saturated carbocycles. The number of hydrogen-bond acceptors (Lipinski definition) is 6. The number of amides is 2. The van der Waals surface area contributed by atoms with Crippen molar-refractivity contribution in [3.8, 4) is 0 Å². The predicted molar refractivity (Wildman–Crippen MR) is 94.8 cm³/mol. The van der Waals surface area contributed by atoms with Gasteiger partial charge in [0.2, 0.25) is 6.10 Å². The molecule has 1 saturated heterocycles. The van der Waals surface area contributed by atoms with Crippen LogP contribution in [-0.4, -0.2) is 47.4 Å². The Morgan fingerprint density at radius 2 is 1.74 bits per heavy atom. The van der Waals surface area contributed by atoms with Crippen LogP contribution in [0.2, 0.25) is 0 Å². The maximum atomic E-state index is 12.9. The van der Waals surface area contributed by atoms with E-state index in [0.717, 1.165) is 4.90 Å². The van der Waals surface area contributed by atoms with E-state index in [-0.39, 0.29) is 30.1 Å². The Morgan fingerprint density at radius 1 is 1.19 bits per heavy atom. The van der Waals surface area contributed by atoms with Crippen LogP contribution >= 0.6 is 0 Å². The van der Waals surface area contributed by atoms with Crippen LogP contribution in [0.1, 0.15) is 54.8 Å². The van der Waals surface area contributed by atoms with E-state index in [1.54, 1.807) is 38.1 Å². The van der Waals surface area contributed by atoms with Gasteiger partial charge in [-0.25, -0.2) is 9.59 Å². The number of hydrogen-bond donors (Lipinski definition) is 0. The molecule has 2 aliphatic rings. The third kappa shape index (κ3) is 3.34. The van der Waals surface area contributed by atoms with Gasteiger partial charge in [-0.15, -0.1) is 0 Å². The highest BCUT2D eigenvalue weighted by Gasteiger charge is 2.49. The second-order valence-corrected chi connectivity index (χ2v) is 8.08. The topological polar surface area (TPSA) is 90.0 Å². The summed E-state index contributed by atoms with van der Waals surface area (Å²) < 4.78 is 10.4. The highest BCUT2D eigenvalue weighted by Crippen LogP contribution is 2.33. The quantitative estimate of drug-likeness (QED) is 0.581. The summed E-state index contributed by atoms with van der Waals surface area (Å²) in [5.41, 5.74) is -0.133. The first-order valence-electron chi connectivity index (χ1n) is 8.97. The summed E-state index contributed by atoms with van der Waals surface area (Å²) in [6, 6.07) is 5.36. The Hall–Kier alpha value is -2.70. The molecule has 0 N–H and O–H groups in total. The molecule has 1 fully saturated rings. The maximum Gasteiger partial charge on any atom is 0.348 e. The van der Waals surface area contributed by atoms with Crippen LogP contribution in [0.3, 0.4) is 0 Å². The second-order valence-electron chi connectivity index (χ2n) is 8.08. The lowest BCUT2D eigenvalue weighted by Gasteiger charge is -2.29. The van der Waals surface area contributed by atoms with Gasteiger partial charge in [-0.3, -0.25) is 14.5 Å². The summed E-state index contributed by atoms with van der Waals surface area (Å²) >= 11 is 0. The maximum absolute atomic E-state index is 12.9. The summed E-state index contributed by atoms with van der Waals surface area (Å²) in [6.07, 6.45) is -0.818. The van der Waals surface area contributed by atoms with E-state index in [1.807, 2.05) is 13.8 Å². The molecule has 3 rings (SSSR count). The van der Waals surface area contributed by atoms with E-state index in [9.17, 15) is 19.2 Å². The fourth-order valence-corrected chi connectivity index (χ4v) is 3.37. The van der Waals surface area contributed by atoms with Crippen LogP contribution in [0.25, 0.3) is 0 Å². The molecule has 0 unspecified atom stereocenters. The normalized spacial score (nSPS) is 22.0. The van der Waals surface area contributed by atoms with Gasteiger partial charge in [0, 0.05) is 5.41 Å². The smallest absolute Gasteiger partial charge is 0.348 e. The third-order valence-electron chi connectivity index (χ3n) is 4.85. The fraction of sp³-hybridized carbons (Fsp3) is 0.500. The summed E-state index contributed by atoms with van der Waals surface area (Å²) in [6.45, 7) is 7.43. The monoisotopic (exact) mass is 373 g/mol. The standard InChI is InChI=1S/C20H23NO6/c1-11(2)9-14(18(24)27-15-19(25)26-10-20(15,3)4)21-16(22)12-7-5-6-8-13(12)17(21)23/h5-8,11,14-15H,9-10H2,1-4H3/t14-,15-/m0/s1. The summed E-state index contributed by atoms with van der Waals surface area (Å²) in [5, 5.41) is 0. The lowest BCUT2D eigenvalue weighted by Crippen LogP contribution is -2.48. The van der Waals surface area contributed by atoms with Crippen molar-refractivity contribution in [2.24, 2.45) is 11.3 Å². The average Bonchev–Trinajstić information content (AvgIpc) is 3.01. The number of nitrogens with zero attached hydrogens (tertiary/aromatic N) is 1. The zero-order chi connectivity index (χ0) is 19.9. The first-order valence-corrected chi connectivity index (χ1v) is 8.97. The minimum Gasteiger partial charge on any atom is -0.462 e. The van der Waals surface area contributed by atoms with E-state index in [4.69, 9.17) is 9.47 Å². The molecule has 0 radical (unpaired) electrons. The van der Waals surface area contributed by atoms with E-state index >= 15 is 0 Å². The molecular formula is C20H23NO6. The van der Waals surface area contributed by atoms with Gasteiger partial charge in [0.25, 0.3) is 11.8 Å². The second kappa shape index (κ2) is 6.79. The largest absolute Gasteiger partial charge is 0.462 e. The van der Waals surface area contributed by atoms with E-state index in [0.29, 0.717) is 0 Å². The van der Waals surface area contributed by atoms with Gasteiger partial charge >= 0.3 is 11.9 Å². The molecule has 2 atom stereocenters. The first-order chi connectivity index (χ1) is 12.6.